The van der Waals surface area contributed by atoms with Gasteiger partial charge in [0, 0.05) is 30.8 Å². The fourth-order valence-corrected chi connectivity index (χ4v) is 1.79. The maximum Gasteiger partial charge on any atom is 0.316 e. The summed E-state index contributed by atoms with van der Waals surface area (Å²) in [6.07, 6.45) is 0. The number of aromatic nitrogens is 1. The number of aliphatic carboxylic acids is 1. The largest absolute Gasteiger partial charge is 0.618 e. The topological polar surface area (TPSA) is 116 Å². The van der Waals surface area contributed by atoms with Crippen molar-refractivity contribution in [2.75, 3.05) is 0 Å². The van der Waals surface area contributed by atoms with Crippen LogP contribution in [-0.2, 0) is 25.2 Å². The van der Waals surface area contributed by atoms with Crippen LogP contribution in [0.25, 0.3) is 22.0 Å². The Labute approximate surface area is 133 Å². The van der Waals surface area contributed by atoms with Crippen molar-refractivity contribution in [2.45, 2.75) is 0 Å². The second kappa shape index (κ2) is 6.68. The van der Waals surface area contributed by atoms with Crippen LogP contribution in [-0.4, -0.2) is 16.1 Å². The van der Waals surface area contributed by atoms with Gasteiger partial charge in [-0.3, -0.25) is 0 Å². The number of nitrogens with zero attached hydrogens (tertiary/aromatic N) is 2. The van der Waals surface area contributed by atoms with Crippen molar-refractivity contribution in [3.8, 4) is 0 Å². The maximum absolute atomic E-state index is 10.9. The summed E-state index contributed by atoms with van der Waals surface area (Å²) in [6.45, 7) is 0. The van der Waals surface area contributed by atoms with Crippen LogP contribution in [0, 0.1) is 0 Å². The molecule has 0 radical (unpaired) electrons. The molecule has 0 saturated carbocycles. The Morgan fingerprint density at radius 3 is 2.60 bits per heavy atom. The van der Waals surface area contributed by atoms with Crippen LogP contribution < -0.4 is 11.6 Å². The molecule has 20 heavy (non-hydrogen) atoms. The number of pyridine rings is 1. The SMILES string of the molecule is N[N-]/C(C(=O)O)=C(\N)c1ccc2cc(Cl)ccc2n1.[Pd]. The fraction of sp³-hybridized carbons (Fsp3) is 0. The van der Waals surface area contributed by atoms with Gasteiger partial charge >= 0.3 is 5.97 Å². The summed E-state index contributed by atoms with van der Waals surface area (Å²) in [7, 11) is 0. The summed E-state index contributed by atoms with van der Waals surface area (Å²) in [5, 5.41) is 10.3. The second-order valence-corrected chi connectivity index (χ2v) is 4.17. The summed E-state index contributed by atoms with van der Waals surface area (Å²) in [4.78, 5) is 15.1. The van der Waals surface area contributed by atoms with E-state index in [1.807, 2.05) is 0 Å². The third-order valence-electron chi connectivity index (χ3n) is 2.51. The molecule has 0 aliphatic carbocycles. The van der Waals surface area contributed by atoms with E-state index in [4.69, 9.17) is 28.3 Å². The van der Waals surface area contributed by atoms with Gasteiger partial charge in [0.2, 0.25) is 0 Å². The minimum Gasteiger partial charge on any atom is -0.618 e. The first-order chi connectivity index (χ1) is 9.02. The Morgan fingerprint density at radius 2 is 2.00 bits per heavy atom. The Bertz CT molecular complexity index is 690. The van der Waals surface area contributed by atoms with Crippen molar-refractivity contribution in [2.24, 2.45) is 11.6 Å². The standard InChI is InChI=1S/C12H11ClN4O2.Pd/c13-7-2-4-8-6(5-7)1-3-9(16-8)10(14)11(17-15)12(18)19;/h1-5H,14-15H2,(H2,16,17,18,19);/p-1. The summed E-state index contributed by atoms with van der Waals surface area (Å²) in [5.74, 6) is 3.70. The first-order valence-corrected chi connectivity index (χ1v) is 5.61. The predicted molar refractivity (Wildman–Crippen MR) is 73.0 cm³/mol. The van der Waals surface area contributed by atoms with Gasteiger partial charge in [-0.15, -0.1) is 0 Å². The van der Waals surface area contributed by atoms with Crippen LogP contribution in [0.15, 0.2) is 36.0 Å². The maximum atomic E-state index is 10.9. The molecular weight excluding hydrogens is 374 g/mol. The molecule has 6 nitrogen and oxygen atoms in total. The average molecular weight is 384 g/mol. The monoisotopic (exact) mass is 383 g/mol. The first-order valence-electron chi connectivity index (χ1n) is 5.23. The van der Waals surface area contributed by atoms with Crippen molar-refractivity contribution in [3.05, 3.63) is 52.2 Å². The van der Waals surface area contributed by atoms with E-state index in [0.717, 1.165) is 5.39 Å². The van der Waals surface area contributed by atoms with Crippen molar-refractivity contribution < 1.29 is 30.3 Å². The number of benzene rings is 1. The number of hydrogen-bond acceptors (Lipinski definition) is 4. The zero-order chi connectivity index (χ0) is 14.0. The molecular formula is C12H10ClN4O2Pd-. The van der Waals surface area contributed by atoms with Gasteiger partial charge in [0.1, 0.15) is 0 Å². The smallest absolute Gasteiger partial charge is 0.316 e. The van der Waals surface area contributed by atoms with E-state index in [0.29, 0.717) is 16.2 Å². The van der Waals surface area contributed by atoms with Gasteiger partial charge in [-0.25, -0.2) is 9.78 Å². The van der Waals surface area contributed by atoms with Gasteiger partial charge < -0.3 is 22.1 Å². The van der Waals surface area contributed by atoms with Crippen LogP contribution in [0.5, 0.6) is 0 Å². The molecule has 108 valence electrons. The Hall–Kier alpha value is -1.65. The molecule has 1 aromatic carbocycles. The molecule has 2 rings (SSSR count). The molecule has 0 atom stereocenters. The molecule has 0 amide bonds. The van der Waals surface area contributed by atoms with Crippen LogP contribution in [0.2, 0.25) is 5.02 Å². The minimum absolute atomic E-state index is 0. The molecule has 0 spiro atoms. The van der Waals surface area contributed by atoms with Gasteiger partial charge in [0.15, 0.2) is 0 Å². The number of fused-ring (bicyclic) bond motifs is 1. The predicted octanol–water partition coefficient (Wildman–Crippen LogP) is 1.84. The normalized spacial score (nSPS) is 11.5. The number of nitrogens with two attached hydrogens (primary N) is 2. The molecule has 0 fully saturated rings. The number of hydrogen-bond donors (Lipinski definition) is 3. The van der Waals surface area contributed by atoms with Gasteiger partial charge in [-0.1, -0.05) is 17.7 Å². The summed E-state index contributed by atoms with van der Waals surface area (Å²) < 4.78 is 0. The van der Waals surface area contributed by atoms with E-state index < -0.39 is 11.7 Å². The van der Waals surface area contributed by atoms with Crippen LogP contribution >= 0.6 is 11.6 Å². The van der Waals surface area contributed by atoms with E-state index in [-0.39, 0.29) is 26.1 Å². The zero-order valence-corrected chi connectivity index (χ0v) is 12.3. The van der Waals surface area contributed by atoms with Gasteiger partial charge in [0.25, 0.3) is 0 Å². The van der Waals surface area contributed by atoms with E-state index in [1.54, 1.807) is 30.3 Å². The molecule has 5 N–H and O–H groups in total. The molecule has 0 saturated heterocycles. The third-order valence-corrected chi connectivity index (χ3v) is 2.75. The van der Waals surface area contributed by atoms with E-state index in [1.165, 1.54) is 0 Å². The molecule has 1 aromatic heterocycles. The van der Waals surface area contributed by atoms with Crippen LogP contribution in [0.3, 0.4) is 0 Å². The van der Waals surface area contributed by atoms with Gasteiger partial charge in [0.05, 0.1) is 16.9 Å². The summed E-state index contributed by atoms with van der Waals surface area (Å²) in [5.41, 5.74) is 9.28. The minimum atomic E-state index is -1.31. The Morgan fingerprint density at radius 1 is 1.30 bits per heavy atom. The molecule has 1 heterocycles. The van der Waals surface area contributed by atoms with E-state index >= 15 is 0 Å². The quantitative estimate of drug-likeness (QED) is 0.323. The van der Waals surface area contributed by atoms with Crippen molar-refractivity contribution in [1.82, 2.24) is 4.98 Å². The van der Waals surface area contributed by atoms with Crippen LogP contribution in [0.1, 0.15) is 5.69 Å². The van der Waals surface area contributed by atoms with E-state index in [9.17, 15) is 4.79 Å². The van der Waals surface area contributed by atoms with Gasteiger partial charge in [-0.05, 0) is 30.0 Å². The van der Waals surface area contributed by atoms with E-state index in [2.05, 4.69) is 10.4 Å². The number of carboxylic acid groups (broad SMARTS) is 1. The molecule has 0 aliphatic rings. The average Bonchev–Trinajstić information content (AvgIpc) is 2.38. The molecule has 0 unspecified atom stereocenters. The van der Waals surface area contributed by atoms with Crippen LogP contribution in [0.4, 0.5) is 0 Å². The third kappa shape index (κ3) is 3.27. The Balaban J connectivity index is 0.00000200. The van der Waals surface area contributed by atoms with Crippen molar-refractivity contribution >= 4 is 34.2 Å². The van der Waals surface area contributed by atoms with Crippen molar-refractivity contribution in [3.63, 3.8) is 0 Å². The summed E-state index contributed by atoms with van der Waals surface area (Å²) >= 11 is 5.86. The number of rotatable bonds is 3. The molecule has 8 heteroatoms. The zero-order valence-electron chi connectivity index (χ0n) is 9.99. The first kappa shape index (κ1) is 16.4. The number of carboxylic acids is 1. The van der Waals surface area contributed by atoms with Gasteiger partial charge in [-0.2, -0.15) is 0 Å². The number of carbonyl (C=O) groups is 1. The molecule has 0 aliphatic heterocycles. The molecule has 0 bridgehead atoms. The molecule has 2 aromatic rings. The van der Waals surface area contributed by atoms with Crippen molar-refractivity contribution in [1.29, 1.82) is 0 Å². The second-order valence-electron chi connectivity index (χ2n) is 3.73. The Kier molecular flexibility index (Phi) is 5.48. The number of halogens is 1. The fourth-order valence-electron chi connectivity index (χ4n) is 1.61. The summed E-state index contributed by atoms with van der Waals surface area (Å²) in [6, 6.07) is 8.48.